The summed E-state index contributed by atoms with van der Waals surface area (Å²) >= 11 is 5.05. The third kappa shape index (κ3) is 3.61. The van der Waals surface area contributed by atoms with Gasteiger partial charge in [-0.25, -0.2) is 4.39 Å². The second-order valence-electron chi connectivity index (χ2n) is 4.01. The lowest BCUT2D eigenvalue weighted by Crippen LogP contribution is -2.49. The zero-order valence-corrected chi connectivity index (χ0v) is 9.93. The summed E-state index contributed by atoms with van der Waals surface area (Å²) in [6.45, 7) is 6.20. The highest BCUT2D eigenvalue weighted by Crippen LogP contribution is 2.17. The minimum absolute atomic E-state index is 0.0623. The van der Waals surface area contributed by atoms with Crippen LogP contribution in [0.3, 0.4) is 0 Å². The van der Waals surface area contributed by atoms with Crippen LogP contribution < -0.4 is 5.32 Å². The molecule has 0 radical (unpaired) electrons. The van der Waals surface area contributed by atoms with E-state index in [9.17, 15) is 9.18 Å². The summed E-state index contributed by atoms with van der Waals surface area (Å²) < 4.78 is 12.4. The summed E-state index contributed by atoms with van der Waals surface area (Å²) in [4.78, 5) is 13.4. The number of carbonyl (C=O) groups excluding carboxylic acids is 1. The van der Waals surface area contributed by atoms with Crippen molar-refractivity contribution >= 4 is 17.5 Å². The minimum Gasteiger partial charge on any atom is -0.350 e. The average molecular weight is 237 g/mol. The fourth-order valence-corrected chi connectivity index (χ4v) is 2.15. The van der Waals surface area contributed by atoms with Gasteiger partial charge in [-0.1, -0.05) is 18.5 Å². The molecular formula is C10H18ClFN2O. The standard InChI is InChI=1S/C10H18ClFN2O/c1-3-14-5-4-8(6-7(14)2)13-10(15)9(11)12/h7-9H,3-6H2,1-2H3,(H,13,15). The summed E-state index contributed by atoms with van der Waals surface area (Å²) in [6, 6.07) is 0.495. The van der Waals surface area contributed by atoms with E-state index in [1.54, 1.807) is 0 Å². The monoisotopic (exact) mass is 236 g/mol. The van der Waals surface area contributed by atoms with Crippen LogP contribution in [0.25, 0.3) is 0 Å². The molecule has 1 heterocycles. The van der Waals surface area contributed by atoms with Gasteiger partial charge in [-0.15, -0.1) is 0 Å². The fraction of sp³-hybridized carbons (Fsp3) is 0.900. The van der Waals surface area contributed by atoms with Crippen molar-refractivity contribution in [1.29, 1.82) is 0 Å². The van der Waals surface area contributed by atoms with E-state index in [0.717, 1.165) is 25.9 Å². The lowest BCUT2D eigenvalue weighted by Gasteiger charge is -2.37. The molecule has 0 aliphatic carbocycles. The normalized spacial score (nSPS) is 29.9. The zero-order valence-electron chi connectivity index (χ0n) is 9.17. The molecule has 1 saturated heterocycles. The van der Waals surface area contributed by atoms with Crippen LogP contribution >= 0.6 is 11.6 Å². The van der Waals surface area contributed by atoms with Crippen molar-refractivity contribution in [1.82, 2.24) is 10.2 Å². The summed E-state index contributed by atoms with van der Waals surface area (Å²) in [5, 5.41) is 2.62. The molecule has 0 saturated carbocycles. The van der Waals surface area contributed by atoms with E-state index in [0.29, 0.717) is 6.04 Å². The first kappa shape index (κ1) is 12.7. The van der Waals surface area contributed by atoms with Crippen molar-refractivity contribution in [3.8, 4) is 0 Å². The minimum atomic E-state index is -1.93. The van der Waals surface area contributed by atoms with Crippen molar-refractivity contribution in [3.63, 3.8) is 0 Å². The Labute approximate surface area is 95.0 Å². The highest BCUT2D eigenvalue weighted by atomic mass is 35.5. The van der Waals surface area contributed by atoms with Crippen molar-refractivity contribution in [2.45, 2.75) is 44.4 Å². The van der Waals surface area contributed by atoms with Gasteiger partial charge in [0.25, 0.3) is 11.5 Å². The topological polar surface area (TPSA) is 32.3 Å². The van der Waals surface area contributed by atoms with E-state index in [2.05, 4.69) is 24.1 Å². The van der Waals surface area contributed by atoms with E-state index < -0.39 is 11.5 Å². The number of piperidine rings is 1. The molecule has 1 N–H and O–H groups in total. The van der Waals surface area contributed by atoms with Crippen LogP contribution in [0.15, 0.2) is 0 Å². The van der Waals surface area contributed by atoms with Crippen molar-refractivity contribution in [2.24, 2.45) is 0 Å². The van der Waals surface area contributed by atoms with E-state index in [4.69, 9.17) is 11.6 Å². The van der Waals surface area contributed by atoms with Gasteiger partial charge in [0.2, 0.25) is 0 Å². The van der Waals surface area contributed by atoms with Gasteiger partial charge in [-0.2, -0.15) is 0 Å². The van der Waals surface area contributed by atoms with Gasteiger partial charge in [0, 0.05) is 18.6 Å². The quantitative estimate of drug-likeness (QED) is 0.754. The Kier molecular flexibility index (Phi) is 4.80. The van der Waals surface area contributed by atoms with Crippen LogP contribution in [0.2, 0.25) is 0 Å². The van der Waals surface area contributed by atoms with Crippen LogP contribution in [0, 0.1) is 0 Å². The maximum absolute atomic E-state index is 12.4. The number of likely N-dealkylation sites (tertiary alicyclic amines) is 1. The molecule has 3 unspecified atom stereocenters. The number of hydrogen-bond acceptors (Lipinski definition) is 2. The second-order valence-corrected chi connectivity index (χ2v) is 4.39. The second kappa shape index (κ2) is 5.66. The SMILES string of the molecule is CCN1CCC(NC(=O)C(F)Cl)CC1C. The number of carbonyl (C=O) groups is 1. The Morgan fingerprint density at radius 2 is 2.40 bits per heavy atom. The van der Waals surface area contributed by atoms with Crippen LogP contribution in [-0.4, -0.2) is 41.6 Å². The number of nitrogens with zero attached hydrogens (tertiary/aromatic N) is 1. The molecule has 15 heavy (non-hydrogen) atoms. The predicted octanol–water partition coefficient (Wildman–Crippen LogP) is 1.51. The summed E-state index contributed by atoms with van der Waals surface area (Å²) in [6.07, 6.45) is 1.73. The van der Waals surface area contributed by atoms with E-state index in [-0.39, 0.29) is 6.04 Å². The Morgan fingerprint density at radius 3 is 2.87 bits per heavy atom. The maximum Gasteiger partial charge on any atom is 0.270 e. The molecule has 3 nitrogen and oxygen atoms in total. The van der Waals surface area contributed by atoms with Crippen LogP contribution in [0.4, 0.5) is 4.39 Å². The molecule has 5 heteroatoms. The van der Waals surface area contributed by atoms with Crippen molar-refractivity contribution in [3.05, 3.63) is 0 Å². The lowest BCUT2D eigenvalue weighted by molar-refractivity contribution is -0.124. The van der Waals surface area contributed by atoms with Gasteiger partial charge in [-0.05, 0) is 26.3 Å². The molecule has 0 aromatic rings. The van der Waals surface area contributed by atoms with Crippen LogP contribution in [-0.2, 0) is 4.79 Å². The van der Waals surface area contributed by atoms with Gasteiger partial charge in [0.1, 0.15) is 0 Å². The molecule has 1 amide bonds. The zero-order chi connectivity index (χ0) is 11.4. The largest absolute Gasteiger partial charge is 0.350 e. The van der Waals surface area contributed by atoms with Gasteiger partial charge in [-0.3, -0.25) is 4.79 Å². The Balaban J connectivity index is 2.38. The van der Waals surface area contributed by atoms with Gasteiger partial charge in [0.05, 0.1) is 0 Å². The van der Waals surface area contributed by atoms with Crippen molar-refractivity contribution in [2.75, 3.05) is 13.1 Å². The molecule has 0 spiro atoms. The third-order valence-electron chi connectivity index (χ3n) is 2.96. The molecule has 0 bridgehead atoms. The number of amides is 1. The molecule has 1 fully saturated rings. The van der Waals surface area contributed by atoms with Gasteiger partial charge in [0.15, 0.2) is 0 Å². The molecule has 1 aliphatic heterocycles. The summed E-state index contributed by atoms with van der Waals surface area (Å²) in [5.41, 5.74) is -1.93. The first-order chi connectivity index (χ1) is 7.04. The highest BCUT2D eigenvalue weighted by molar-refractivity contribution is 6.29. The molecular weight excluding hydrogens is 219 g/mol. The Bertz CT molecular complexity index is 225. The number of halogens is 2. The number of hydrogen-bond donors (Lipinski definition) is 1. The van der Waals surface area contributed by atoms with E-state index in [1.165, 1.54) is 0 Å². The van der Waals surface area contributed by atoms with Gasteiger partial charge < -0.3 is 10.2 Å². The molecule has 1 rings (SSSR count). The smallest absolute Gasteiger partial charge is 0.270 e. The molecule has 1 aliphatic rings. The number of rotatable bonds is 3. The number of nitrogens with one attached hydrogen (secondary N) is 1. The fourth-order valence-electron chi connectivity index (χ4n) is 2.09. The van der Waals surface area contributed by atoms with Crippen LogP contribution in [0.1, 0.15) is 26.7 Å². The maximum atomic E-state index is 12.4. The first-order valence-corrected chi connectivity index (χ1v) is 5.80. The molecule has 0 aromatic heterocycles. The van der Waals surface area contributed by atoms with Crippen LogP contribution in [0.5, 0.6) is 0 Å². The van der Waals surface area contributed by atoms with E-state index in [1.807, 2.05) is 0 Å². The predicted molar refractivity (Wildman–Crippen MR) is 58.6 cm³/mol. The van der Waals surface area contributed by atoms with E-state index >= 15 is 0 Å². The molecule has 0 aromatic carbocycles. The summed E-state index contributed by atoms with van der Waals surface area (Å²) in [5.74, 6) is -0.709. The van der Waals surface area contributed by atoms with Crippen molar-refractivity contribution < 1.29 is 9.18 Å². The Morgan fingerprint density at radius 1 is 1.73 bits per heavy atom. The Hall–Kier alpha value is -0.350. The third-order valence-corrected chi connectivity index (χ3v) is 3.16. The first-order valence-electron chi connectivity index (χ1n) is 5.37. The summed E-state index contributed by atoms with van der Waals surface area (Å²) in [7, 11) is 0. The molecule has 88 valence electrons. The lowest BCUT2D eigenvalue weighted by atomic mass is 9.98. The highest BCUT2D eigenvalue weighted by Gasteiger charge is 2.26. The number of alkyl halides is 2. The average Bonchev–Trinajstić information content (AvgIpc) is 2.18. The van der Waals surface area contributed by atoms with Gasteiger partial charge >= 0.3 is 0 Å². The molecule has 3 atom stereocenters.